The summed E-state index contributed by atoms with van der Waals surface area (Å²) in [5.74, 6) is 0.285. The van der Waals surface area contributed by atoms with Gasteiger partial charge in [-0.05, 0) is 53.9 Å². The van der Waals surface area contributed by atoms with Gasteiger partial charge in [-0.1, -0.05) is 6.92 Å². The smallest absolute Gasteiger partial charge is 0.124 e. The number of aliphatic hydroxyl groups excluding tert-OH is 2. The topological polar surface area (TPSA) is 69.9 Å². The fourth-order valence-corrected chi connectivity index (χ4v) is 3.31. The van der Waals surface area contributed by atoms with E-state index in [1.54, 1.807) is 7.11 Å². The van der Waals surface area contributed by atoms with E-state index in [1.807, 2.05) is 13.8 Å². The van der Waals surface area contributed by atoms with Gasteiger partial charge < -0.3 is 20.1 Å². The molecular formula is C16H24O4. The number of fused-ring (bicyclic) bond motifs is 1. The maximum atomic E-state index is 10.6. The molecule has 0 heterocycles. The highest BCUT2D eigenvalue weighted by Crippen LogP contribution is 2.45. The predicted molar refractivity (Wildman–Crippen MR) is 76.9 cm³/mol. The molecule has 0 unspecified atom stereocenters. The van der Waals surface area contributed by atoms with Crippen LogP contribution in [0.5, 0.6) is 5.75 Å². The molecule has 1 aliphatic rings. The van der Waals surface area contributed by atoms with Gasteiger partial charge in [-0.25, -0.2) is 0 Å². The summed E-state index contributed by atoms with van der Waals surface area (Å²) in [6.45, 7) is 4.56. The Morgan fingerprint density at radius 3 is 2.35 bits per heavy atom. The number of hydrogen-bond acceptors (Lipinski definition) is 4. The zero-order chi connectivity index (χ0) is 14.9. The molecule has 20 heavy (non-hydrogen) atoms. The number of hydrogen-bond donors (Lipinski definition) is 3. The van der Waals surface area contributed by atoms with Crippen molar-refractivity contribution in [1.29, 1.82) is 0 Å². The first-order valence-electron chi connectivity index (χ1n) is 7.03. The van der Waals surface area contributed by atoms with E-state index >= 15 is 0 Å². The average molecular weight is 280 g/mol. The highest BCUT2D eigenvalue weighted by molar-refractivity contribution is 5.57. The Balaban J connectivity index is 2.58. The van der Waals surface area contributed by atoms with E-state index in [-0.39, 0.29) is 24.4 Å². The van der Waals surface area contributed by atoms with Crippen LogP contribution in [0, 0.1) is 12.3 Å². The second-order valence-corrected chi connectivity index (χ2v) is 6.12. The largest absolute Gasteiger partial charge is 0.507 e. The van der Waals surface area contributed by atoms with E-state index < -0.39 is 0 Å². The number of methoxy groups -OCH3 is 1. The van der Waals surface area contributed by atoms with Crippen molar-refractivity contribution in [2.24, 2.45) is 5.41 Å². The van der Waals surface area contributed by atoms with Gasteiger partial charge in [-0.3, -0.25) is 0 Å². The first-order chi connectivity index (χ1) is 9.47. The Hall–Kier alpha value is -1.10. The average Bonchev–Trinajstić information content (AvgIpc) is 2.79. The summed E-state index contributed by atoms with van der Waals surface area (Å²) < 4.78 is 5.20. The molecule has 4 nitrogen and oxygen atoms in total. The summed E-state index contributed by atoms with van der Waals surface area (Å²) in [4.78, 5) is 0. The molecule has 0 spiro atoms. The van der Waals surface area contributed by atoms with Crippen molar-refractivity contribution in [2.75, 3.05) is 20.3 Å². The fourth-order valence-electron chi connectivity index (χ4n) is 3.31. The molecule has 0 fully saturated rings. The standard InChI is InChI=1S/C16H24O4/c1-10-11(4-5-17)14(8-20-3)15(19)13-7-16(2,9-18)6-12(10)13/h17-19H,4-9H2,1-3H3/t16-/m0/s1. The summed E-state index contributed by atoms with van der Waals surface area (Å²) in [7, 11) is 1.60. The third kappa shape index (κ3) is 2.43. The third-order valence-electron chi connectivity index (χ3n) is 4.44. The predicted octanol–water partition coefficient (Wildman–Crippen LogP) is 1.48. The molecule has 0 saturated heterocycles. The van der Waals surface area contributed by atoms with Crippen LogP contribution in [0.15, 0.2) is 0 Å². The van der Waals surface area contributed by atoms with Crippen molar-refractivity contribution >= 4 is 0 Å². The minimum atomic E-state index is -0.202. The fraction of sp³-hybridized carbons (Fsp3) is 0.625. The lowest BCUT2D eigenvalue weighted by molar-refractivity contribution is 0.151. The van der Waals surface area contributed by atoms with Gasteiger partial charge >= 0.3 is 0 Å². The Bertz CT molecular complexity index is 467. The maximum absolute atomic E-state index is 10.6. The highest BCUT2D eigenvalue weighted by atomic mass is 16.5. The Labute approximate surface area is 120 Å². The van der Waals surface area contributed by atoms with Crippen molar-refractivity contribution in [3.8, 4) is 5.75 Å². The number of aliphatic hydroxyl groups is 2. The zero-order valence-corrected chi connectivity index (χ0v) is 12.5. The monoisotopic (exact) mass is 280 g/mol. The zero-order valence-electron chi connectivity index (χ0n) is 12.5. The first-order valence-corrected chi connectivity index (χ1v) is 7.03. The second-order valence-electron chi connectivity index (χ2n) is 6.12. The van der Waals surface area contributed by atoms with Crippen LogP contribution in [0.1, 0.15) is 34.7 Å². The molecule has 3 N–H and O–H groups in total. The Kier molecular flexibility index (Phi) is 4.37. The lowest BCUT2D eigenvalue weighted by atomic mass is 9.88. The normalized spacial score (nSPS) is 21.2. The molecule has 112 valence electrons. The van der Waals surface area contributed by atoms with Crippen molar-refractivity contribution in [3.05, 3.63) is 27.8 Å². The van der Waals surface area contributed by atoms with Crippen LogP contribution < -0.4 is 0 Å². The van der Waals surface area contributed by atoms with Crippen LogP contribution in [-0.2, 0) is 30.6 Å². The van der Waals surface area contributed by atoms with Crippen LogP contribution in [-0.4, -0.2) is 35.6 Å². The number of ether oxygens (including phenoxy) is 1. The van der Waals surface area contributed by atoms with Gasteiger partial charge in [0, 0.05) is 25.9 Å². The third-order valence-corrected chi connectivity index (χ3v) is 4.44. The van der Waals surface area contributed by atoms with E-state index in [0.29, 0.717) is 19.4 Å². The lowest BCUT2D eigenvalue weighted by Gasteiger charge is -2.19. The minimum Gasteiger partial charge on any atom is -0.507 e. The molecule has 0 aliphatic heterocycles. The van der Waals surface area contributed by atoms with E-state index in [0.717, 1.165) is 34.2 Å². The van der Waals surface area contributed by atoms with Gasteiger partial charge in [-0.2, -0.15) is 0 Å². The van der Waals surface area contributed by atoms with E-state index in [9.17, 15) is 15.3 Å². The molecule has 0 amide bonds. The number of phenols is 1. The van der Waals surface area contributed by atoms with Gasteiger partial charge in [0.05, 0.1) is 6.61 Å². The number of phenolic OH excluding ortho intramolecular Hbond substituents is 1. The van der Waals surface area contributed by atoms with Crippen molar-refractivity contribution in [1.82, 2.24) is 0 Å². The number of rotatable bonds is 5. The van der Waals surface area contributed by atoms with Crippen LogP contribution in [0.4, 0.5) is 0 Å². The van der Waals surface area contributed by atoms with E-state index in [1.165, 1.54) is 0 Å². The molecule has 0 radical (unpaired) electrons. The van der Waals surface area contributed by atoms with E-state index in [2.05, 4.69) is 0 Å². The molecule has 1 aliphatic carbocycles. The van der Waals surface area contributed by atoms with Gasteiger partial charge in [0.2, 0.25) is 0 Å². The van der Waals surface area contributed by atoms with Crippen molar-refractivity contribution in [3.63, 3.8) is 0 Å². The summed E-state index contributed by atoms with van der Waals surface area (Å²) in [5, 5.41) is 29.4. The first kappa shape index (κ1) is 15.3. The summed E-state index contributed by atoms with van der Waals surface area (Å²) in [6, 6.07) is 0. The quantitative estimate of drug-likeness (QED) is 0.764. The molecule has 2 rings (SSSR count). The summed E-state index contributed by atoms with van der Waals surface area (Å²) in [5.41, 5.74) is 4.74. The lowest BCUT2D eigenvalue weighted by Crippen LogP contribution is -2.21. The van der Waals surface area contributed by atoms with Crippen molar-refractivity contribution < 1.29 is 20.1 Å². The highest BCUT2D eigenvalue weighted by Gasteiger charge is 2.37. The number of aromatic hydroxyl groups is 1. The van der Waals surface area contributed by atoms with Gasteiger partial charge in [0.1, 0.15) is 5.75 Å². The van der Waals surface area contributed by atoms with E-state index in [4.69, 9.17) is 4.74 Å². The summed E-state index contributed by atoms with van der Waals surface area (Å²) in [6.07, 6.45) is 1.97. The molecule has 1 aromatic rings. The molecule has 0 aromatic heterocycles. The molecular weight excluding hydrogens is 256 g/mol. The molecule has 0 saturated carbocycles. The van der Waals surface area contributed by atoms with Gasteiger partial charge in [-0.15, -0.1) is 0 Å². The van der Waals surface area contributed by atoms with Crippen LogP contribution in [0.3, 0.4) is 0 Å². The Morgan fingerprint density at radius 1 is 1.15 bits per heavy atom. The van der Waals surface area contributed by atoms with Crippen LogP contribution in [0.2, 0.25) is 0 Å². The second kappa shape index (κ2) is 5.72. The Morgan fingerprint density at radius 2 is 1.80 bits per heavy atom. The molecule has 0 bridgehead atoms. The minimum absolute atomic E-state index is 0.0487. The van der Waals surface area contributed by atoms with Gasteiger partial charge in [0.25, 0.3) is 0 Å². The maximum Gasteiger partial charge on any atom is 0.124 e. The van der Waals surface area contributed by atoms with Crippen LogP contribution >= 0.6 is 0 Å². The number of benzene rings is 1. The molecule has 4 heteroatoms. The SMILES string of the molecule is COCc1c(O)c2c(c(C)c1CCO)C[C@](C)(CO)C2. The molecule has 1 atom stereocenters. The van der Waals surface area contributed by atoms with Gasteiger partial charge in [0.15, 0.2) is 0 Å². The molecule has 1 aromatic carbocycles. The van der Waals surface area contributed by atoms with Crippen molar-refractivity contribution in [2.45, 2.75) is 39.7 Å². The summed E-state index contributed by atoms with van der Waals surface area (Å²) >= 11 is 0. The van der Waals surface area contributed by atoms with Crippen LogP contribution in [0.25, 0.3) is 0 Å².